The Hall–Kier alpha value is -0.640. The average molecular weight is 285 g/mol. The van der Waals surface area contributed by atoms with E-state index in [9.17, 15) is 4.39 Å². The van der Waals surface area contributed by atoms with E-state index in [0.29, 0.717) is 10.9 Å². The predicted octanol–water partition coefficient (Wildman–Crippen LogP) is 3.60. The van der Waals surface area contributed by atoms with Crippen LogP contribution in [0.25, 0.3) is 0 Å². The van der Waals surface area contributed by atoms with E-state index < -0.39 is 0 Å². The summed E-state index contributed by atoms with van der Waals surface area (Å²) in [5, 5.41) is 0.516. The molecule has 1 heterocycles. The Bertz CT molecular complexity index is 428. The fourth-order valence-electron chi connectivity index (χ4n) is 2.87. The van der Waals surface area contributed by atoms with Crippen molar-refractivity contribution in [2.75, 3.05) is 13.1 Å². The van der Waals surface area contributed by atoms with E-state index in [1.165, 1.54) is 12.1 Å². The van der Waals surface area contributed by atoms with Gasteiger partial charge in [0.1, 0.15) is 5.82 Å². The molecule has 0 aromatic heterocycles. The van der Waals surface area contributed by atoms with Crippen molar-refractivity contribution in [3.8, 4) is 0 Å². The fraction of sp³-hybridized carbons (Fsp3) is 0.600. The molecule has 1 aromatic rings. The fourth-order valence-corrected chi connectivity index (χ4v) is 3.19. The molecule has 106 valence electrons. The van der Waals surface area contributed by atoms with Crippen LogP contribution in [0.4, 0.5) is 4.39 Å². The molecule has 1 fully saturated rings. The molecule has 0 amide bonds. The summed E-state index contributed by atoms with van der Waals surface area (Å²) in [6.45, 7) is 6.27. The van der Waals surface area contributed by atoms with Crippen molar-refractivity contribution < 1.29 is 4.39 Å². The average Bonchev–Trinajstić information content (AvgIpc) is 2.38. The number of benzene rings is 1. The van der Waals surface area contributed by atoms with Gasteiger partial charge in [-0.1, -0.05) is 17.7 Å². The SMILES string of the molecule is CC(N)C1CCN(C(C)c2ccc(F)cc2Cl)CC1. The highest BCUT2D eigenvalue weighted by atomic mass is 35.5. The van der Waals surface area contributed by atoms with Crippen molar-refractivity contribution in [3.63, 3.8) is 0 Å². The zero-order chi connectivity index (χ0) is 14.0. The minimum absolute atomic E-state index is 0.224. The lowest BCUT2D eigenvalue weighted by atomic mass is 9.90. The highest BCUT2D eigenvalue weighted by molar-refractivity contribution is 6.31. The van der Waals surface area contributed by atoms with Crippen molar-refractivity contribution >= 4 is 11.6 Å². The number of piperidine rings is 1. The smallest absolute Gasteiger partial charge is 0.124 e. The molecule has 0 aliphatic carbocycles. The lowest BCUT2D eigenvalue weighted by Gasteiger charge is -2.37. The van der Waals surface area contributed by atoms with Crippen LogP contribution in [0.2, 0.25) is 5.02 Å². The van der Waals surface area contributed by atoms with Gasteiger partial charge >= 0.3 is 0 Å². The first kappa shape index (κ1) is 14.8. The molecule has 1 aliphatic heterocycles. The number of nitrogens with two attached hydrogens (primary N) is 1. The van der Waals surface area contributed by atoms with Crippen molar-refractivity contribution in [3.05, 3.63) is 34.6 Å². The molecular weight excluding hydrogens is 263 g/mol. The summed E-state index contributed by atoms with van der Waals surface area (Å²) in [7, 11) is 0. The Morgan fingerprint density at radius 1 is 1.32 bits per heavy atom. The minimum Gasteiger partial charge on any atom is -0.328 e. The summed E-state index contributed by atoms with van der Waals surface area (Å²) < 4.78 is 13.1. The Labute approximate surface area is 119 Å². The molecule has 1 aliphatic rings. The minimum atomic E-state index is -0.281. The van der Waals surface area contributed by atoms with Gasteiger partial charge in [-0.3, -0.25) is 4.90 Å². The molecule has 0 spiro atoms. The zero-order valence-electron chi connectivity index (χ0n) is 11.6. The van der Waals surface area contributed by atoms with Gasteiger partial charge in [-0.25, -0.2) is 4.39 Å². The zero-order valence-corrected chi connectivity index (χ0v) is 12.3. The number of hydrogen-bond donors (Lipinski definition) is 1. The second-order valence-electron chi connectivity index (χ2n) is 5.57. The van der Waals surface area contributed by atoms with Crippen LogP contribution in [0.15, 0.2) is 18.2 Å². The summed E-state index contributed by atoms with van der Waals surface area (Å²) >= 11 is 6.14. The molecule has 0 bridgehead atoms. The summed E-state index contributed by atoms with van der Waals surface area (Å²) in [5.74, 6) is 0.337. The van der Waals surface area contributed by atoms with E-state index in [1.54, 1.807) is 6.07 Å². The second kappa shape index (κ2) is 6.21. The number of likely N-dealkylation sites (tertiary alicyclic amines) is 1. The molecular formula is C15H22ClFN2. The molecule has 0 saturated carbocycles. The van der Waals surface area contributed by atoms with E-state index in [1.807, 2.05) is 0 Å². The van der Waals surface area contributed by atoms with Gasteiger partial charge in [0.2, 0.25) is 0 Å². The van der Waals surface area contributed by atoms with E-state index in [2.05, 4.69) is 18.7 Å². The third-order valence-corrected chi connectivity index (χ3v) is 4.61. The maximum absolute atomic E-state index is 13.1. The van der Waals surface area contributed by atoms with E-state index >= 15 is 0 Å². The van der Waals surface area contributed by atoms with Crippen molar-refractivity contribution in [1.29, 1.82) is 0 Å². The molecule has 2 nitrogen and oxygen atoms in total. The van der Waals surface area contributed by atoms with Gasteiger partial charge in [-0.2, -0.15) is 0 Å². The lowest BCUT2D eigenvalue weighted by molar-refractivity contribution is 0.132. The van der Waals surface area contributed by atoms with Gasteiger partial charge in [0.15, 0.2) is 0 Å². The first-order valence-corrected chi connectivity index (χ1v) is 7.31. The standard InChI is InChI=1S/C15H22ClFN2/c1-10(18)12-5-7-19(8-6-12)11(2)14-4-3-13(17)9-15(14)16/h3-4,9-12H,5-8,18H2,1-2H3. The van der Waals surface area contributed by atoms with Crippen LogP contribution in [0, 0.1) is 11.7 Å². The Morgan fingerprint density at radius 2 is 1.95 bits per heavy atom. The molecule has 1 aromatic carbocycles. The van der Waals surface area contributed by atoms with Gasteiger partial charge in [-0.15, -0.1) is 0 Å². The summed E-state index contributed by atoms with van der Waals surface area (Å²) in [6, 6.07) is 5.16. The maximum atomic E-state index is 13.1. The van der Waals surface area contributed by atoms with Crippen molar-refractivity contribution in [2.24, 2.45) is 11.7 Å². The molecule has 2 unspecified atom stereocenters. The van der Waals surface area contributed by atoms with Crippen LogP contribution in [0.3, 0.4) is 0 Å². The Balaban J connectivity index is 2.03. The molecule has 0 radical (unpaired) electrons. The number of hydrogen-bond acceptors (Lipinski definition) is 2. The first-order chi connectivity index (χ1) is 8.99. The molecule has 2 N–H and O–H groups in total. The normalized spacial score (nSPS) is 21.3. The van der Waals surface area contributed by atoms with Gasteiger partial charge < -0.3 is 5.73 Å². The summed E-state index contributed by atoms with van der Waals surface area (Å²) in [5.41, 5.74) is 6.96. The summed E-state index contributed by atoms with van der Waals surface area (Å²) in [6.07, 6.45) is 2.25. The topological polar surface area (TPSA) is 29.3 Å². The number of rotatable bonds is 3. The molecule has 19 heavy (non-hydrogen) atoms. The third kappa shape index (κ3) is 3.47. The quantitative estimate of drug-likeness (QED) is 0.919. The molecule has 4 heteroatoms. The summed E-state index contributed by atoms with van der Waals surface area (Å²) in [4.78, 5) is 2.40. The Morgan fingerprint density at radius 3 is 2.47 bits per heavy atom. The number of halogens is 2. The Kier molecular flexibility index (Phi) is 4.82. The van der Waals surface area contributed by atoms with Crippen LogP contribution in [0.1, 0.15) is 38.3 Å². The molecule has 1 saturated heterocycles. The van der Waals surface area contributed by atoms with E-state index in [-0.39, 0.29) is 17.9 Å². The monoisotopic (exact) mass is 284 g/mol. The van der Waals surface area contributed by atoms with Crippen LogP contribution in [-0.2, 0) is 0 Å². The van der Waals surface area contributed by atoms with Crippen LogP contribution < -0.4 is 5.73 Å². The van der Waals surface area contributed by atoms with Crippen molar-refractivity contribution in [2.45, 2.75) is 38.8 Å². The lowest BCUT2D eigenvalue weighted by Crippen LogP contribution is -2.40. The third-order valence-electron chi connectivity index (χ3n) is 4.28. The van der Waals surface area contributed by atoms with Gasteiger partial charge in [0.25, 0.3) is 0 Å². The van der Waals surface area contributed by atoms with Gasteiger partial charge in [0.05, 0.1) is 0 Å². The van der Waals surface area contributed by atoms with E-state index in [0.717, 1.165) is 31.5 Å². The van der Waals surface area contributed by atoms with Crippen LogP contribution in [-0.4, -0.2) is 24.0 Å². The highest BCUT2D eigenvalue weighted by Crippen LogP contribution is 2.31. The van der Waals surface area contributed by atoms with Crippen molar-refractivity contribution in [1.82, 2.24) is 4.90 Å². The second-order valence-corrected chi connectivity index (χ2v) is 5.98. The maximum Gasteiger partial charge on any atom is 0.124 e. The van der Waals surface area contributed by atoms with Crippen LogP contribution >= 0.6 is 11.6 Å². The number of nitrogens with zero attached hydrogens (tertiary/aromatic N) is 1. The van der Waals surface area contributed by atoms with Gasteiger partial charge in [0, 0.05) is 17.1 Å². The predicted molar refractivity (Wildman–Crippen MR) is 77.8 cm³/mol. The molecule has 2 atom stereocenters. The highest BCUT2D eigenvalue weighted by Gasteiger charge is 2.26. The first-order valence-electron chi connectivity index (χ1n) is 6.93. The molecule has 2 rings (SSSR count). The van der Waals surface area contributed by atoms with Gasteiger partial charge in [-0.05, 0) is 63.4 Å². The van der Waals surface area contributed by atoms with E-state index in [4.69, 9.17) is 17.3 Å². The largest absolute Gasteiger partial charge is 0.328 e. The van der Waals surface area contributed by atoms with Crippen LogP contribution in [0.5, 0.6) is 0 Å².